The molecule has 4 aliphatic carbocycles. The fraction of sp³-hybridized carbons (Fsp3) is 0.417. The van der Waals surface area contributed by atoms with Crippen LogP contribution in [-0.4, -0.2) is 17.0 Å². The Morgan fingerprint density at radius 3 is 2.40 bits per heavy atom. The van der Waals surface area contributed by atoms with Crippen molar-refractivity contribution in [1.82, 2.24) is 0 Å². The van der Waals surface area contributed by atoms with Crippen molar-refractivity contribution in [2.24, 2.45) is 5.92 Å². The van der Waals surface area contributed by atoms with Crippen LogP contribution >= 0.6 is 46.6 Å². The van der Waals surface area contributed by atoms with Gasteiger partial charge in [0, 0.05) is 43.9 Å². The molecule has 3 aromatic rings. The fourth-order valence-electron chi connectivity index (χ4n) is 6.49. The van der Waals surface area contributed by atoms with E-state index in [1.54, 1.807) is 5.57 Å². The van der Waals surface area contributed by atoms with E-state index in [4.69, 9.17) is 0 Å². The Balaban J connectivity index is 1.06. The minimum absolute atomic E-state index is 0.713. The van der Waals surface area contributed by atoms with E-state index in [-0.39, 0.29) is 0 Å². The summed E-state index contributed by atoms with van der Waals surface area (Å²) in [7, 11) is 0. The monoisotopic (exact) mass is 627 g/mol. The first-order chi connectivity index (χ1) is 20.6. The Bertz CT molecular complexity index is 1670. The number of fused-ring (bicyclic) bond motifs is 3. The highest BCUT2D eigenvalue weighted by Gasteiger charge is 2.29. The number of hydrogen-bond donors (Lipinski definition) is 0. The summed E-state index contributed by atoms with van der Waals surface area (Å²) >= 11 is 8.04. The number of aromatic nitrogens is 1. The molecule has 0 saturated heterocycles. The van der Waals surface area contributed by atoms with E-state index in [9.17, 15) is 0 Å². The van der Waals surface area contributed by atoms with Crippen LogP contribution in [0.1, 0.15) is 70.2 Å². The number of hydrogen-bond acceptors (Lipinski definition) is 5. The second-order valence-corrected chi connectivity index (χ2v) is 17.1. The lowest BCUT2D eigenvalue weighted by atomic mass is 9.77. The molecule has 0 spiro atoms. The molecule has 2 saturated carbocycles. The van der Waals surface area contributed by atoms with E-state index >= 15 is 0 Å². The second-order valence-electron chi connectivity index (χ2n) is 12.3. The Hall–Kier alpha value is -1.86. The average molecular weight is 628 g/mol. The van der Waals surface area contributed by atoms with Crippen LogP contribution < -0.4 is 9.47 Å². The molecule has 0 radical (unpaired) electrons. The smallest absolute Gasteiger partial charge is 0.263 e. The summed E-state index contributed by atoms with van der Waals surface area (Å²) in [6.07, 6.45) is 20.5. The van der Waals surface area contributed by atoms with Gasteiger partial charge < -0.3 is 4.90 Å². The molecule has 1 aromatic heterocycles. The predicted octanol–water partition coefficient (Wildman–Crippen LogP) is 10.6. The SMILES string of the molecule is CCN1/C(=C/C2=CC3=C/C(=C/c4sc5ccc(SC6CC6)cc5[n+]4CC)CCC3CC2)Sc2ccc(SC3CC3)cc21. The normalized spacial score (nSPS) is 23.9. The Kier molecular flexibility index (Phi) is 7.63. The second kappa shape index (κ2) is 11.6. The summed E-state index contributed by atoms with van der Waals surface area (Å²) in [6, 6.07) is 14.2. The van der Waals surface area contributed by atoms with Gasteiger partial charge in [0.25, 0.3) is 5.01 Å². The Morgan fingerprint density at radius 2 is 1.64 bits per heavy atom. The van der Waals surface area contributed by atoms with Gasteiger partial charge in [0.2, 0.25) is 5.52 Å². The highest BCUT2D eigenvalue weighted by atomic mass is 32.2. The third-order valence-corrected chi connectivity index (χ3v) is 13.9. The van der Waals surface area contributed by atoms with Crippen molar-refractivity contribution in [1.29, 1.82) is 0 Å². The van der Waals surface area contributed by atoms with Gasteiger partial charge in [-0.1, -0.05) is 35.3 Å². The van der Waals surface area contributed by atoms with Gasteiger partial charge in [-0.15, -0.1) is 23.5 Å². The van der Waals surface area contributed by atoms with Crippen molar-refractivity contribution >= 4 is 68.6 Å². The molecule has 2 aromatic carbocycles. The predicted molar refractivity (Wildman–Crippen MR) is 185 cm³/mol. The number of nitrogens with zero attached hydrogens (tertiary/aromatic N) is 2. The molecule has 5 aliphatic rings. The van der Waals surface area contributed by atoms with Crippen molar-refractivity contribution in [3.8, 4) is 0 Å². The first-order valence-electron chi connectivity index (χ1n) is 15.9. The number of thioether (sulfide) groups is 3. The first kappa shape index (κ1) is 27.7. The highest BCUT2D eigenvalue weighted by molar-refractivity contribution is 8.03. The lowest BCUT2D eigenvalue weighted by molar-refractivity contribution is -0.665. The summed E-state index contributed by atoms with van der Waals surface area (Å²) < 4.78 is 3.94. The molecule has 1 aliphatic heterocycles. The zero-order valence-corrected chi connectivity index (χ0v) is 27.9. The molecular formula is C36H39N2S4+. The number of aryl methyl sites for hydroxylation is 1. The van der Waals surface area contributed by atoms with Gasteiger partial charge in [0.15, 0.2) is 0 Å². The summed E-state index contributed by atoms with van der Waals surface area (Å²) in [5.41, 5.74) is 7.34. The lowest BCUT2D eigenvalue weighted by Gasteiger charge is -2.28. The summed E-state index contributed by atoms with van der Waals surface area (Å²) in [6.45, 7) is 6.61. The number of thiazole rings is 1. The minimum Gasteiger partial charge on any atom is -0.335 e. The molecular weight excluding hydrogens is 589 g/mol. The van der Waals surface area contributed by atoms with Crippen molar-refractivity contribution in [3.05, 3.63) is 81.4 Å². The molecule has 216 valence electrons. The maximum Gasteiger partial charge on any atom is 0.263 e. The molecule has 0 N–H and O–H groups in total. The molecule has 6 heteroatoms. The molecule has 0 bridgehead atoms. The molecule has 2 fully saturated rings. The minimum atomic E-state index is 0.713. The van der Waals surface area contributed by atoms with E-state index in [0.717, 1.165) is 23.6 Å². The summed E-state index contributed by atoms with van der Waals surface area (Å²) in [4.78, 5) is 6.81. The number of rotatable bonds is 8. The zero-order chi connectivity index (χ0) is 28.2. The van der Waals surface area contributed by atoms with Crippen LogP contribution in [-0.2, 0) is 6.54 Å². The van der Waals surface area contributed by atoms with Crippen molar-refractivity contribution in [3.63, 3.8) is 0 Å². The van der Waals surface area contributed by atoms with Crippen LogP contribution in [0.25, 0.3) is 16.3 Å². The Morgan fingerprint density at radius 1 is 0.881 bits per heavy atom. The number of benzene rings is 2. The molecule has 1 atom stereocenters. The Labute approximate surface area is 267 Å². The standard InChI is InChI=1S/C36H39N2S4/c1-3-37-31-21-29(39-27-9-10-27)13-15-33(31)41-35(37)19-23-5-7-25-8-6-24(18-26(25)17-23)20-36-38(4-2)32-22-30(40-28-11-12-28)14-16-34(32)42-36/h13-22,25,27-28H,3-12H2,1-2H3/q+1. The van der Waals surface area contributed by atoms with E-state index in [2.05, 4.69) is 108 Å². The van der Waals surface area contributed by atoms with Crippen LogP contribution in [0.5, 0.6) is 0 Å². The van der Waals surface area contributed by atoms with Crippen LogP contribution in [0.15, 0.2) is 91.1 Å². The molecule has 8 rings (SSSR count). The van der Waals surface area contributed by atoms with Gasteiger partial charge in [-0.05, 0) is 124 Å². The van der Waals surface area contributed by atoms with E-state index in [0.29, 0.717) is 5.92 Å². The van der Waals surface area contributed by atoms with Crippen molar-refractivity contribution in [2.75, 3.05) is 11.4 Å². The van der Waals surface area contributed by atoms with Gasteiger partial charge >= 0.3 is 0 Å². The molecule has 0 amide bonds. The molecule has 2 heterocycles. The van der Waals surface area contributed by atoms with Gasteiger partial charge in [0.1, 0.15) is 11.2 Å². The average Bonchev–Trinajstić information content (AvgIpc) is 3.93. The zero-order valence-electron chi connectivity index (χ0n) is 24.6. The number of anilines is 1. The van der Waals surface area contributed by atoms with Gasteiger partial charge in [-0.2, -0.15) is 4.57 Å². The topological polar surface area (TPSA) is 7.12 Å². The van der Waals surface area contributed by atoms with Gasteiger partial charge in [-0.25, -0.2) is 0 Å². The molecule has 2 nitrogen and oxygen atoms in total. The van der Waals surface area contributed by atoms with Crippen LogP contribution in [0.2, 0.25) is 0 Å². The van der Waals surface area contributed by atoms with Crippen LogP contribution in [0.3, 0.4) is 0 Å². The van der Waals surface area contributed by atoms with E-state index in [1.807, 2.05) is 23.1 Å². The highest BCUT2D eigenvalue weighted by Crippen LogP contribution is 2.50. The fourth-order valence-corrected chi connectivity index (χ4v) is 11.0. The molecule has 42 heavy (non-hydrogen) atoms. The van der Waals surface area contributed by atoms with Gasteiger partial charge in [0.05, 0.1) is 10.7 Å². The van der Waals surface area contributed by atoms with E-state index in [1.165, 1.54) is 103 Å². The van der Waals surface area contributed by atoms with Gasteiger partial charge in [-0.3, -0.25) is 0 Å². The third kappa shape index (κ3) is 5.69. The third-order valence-electron chi connectivity index (χ3n) is 9.05. The molecule has 1 unspecified atom stereocenters. The summed E-state index contributed by atoms with van der Waals surface area (Å²) in [5.74, 6) is 0.713. The first-order valence-corrected chi connectivity index (χ1v) is 19.3. The maximum absolute atomic E-state index is 2.53. The number of allylic oxidation sites excluding steroid dienone is 6. The summed E-state index contributed by atoms with van der Waals surface area (Å²) in [5, 5.41) is 4.48. The quantitative estimate of drug-likeness (QED) is 0.229. The van der Waals surface area contributed by atoms with Crippen LogP contribution in [0, 0.1) is 5.92 Å². The van der Waals surface area contributed by atoms with Crippen molar-refractivity contribution in [2.45, 2.75) is 96.9 Å². The van der Waals surface area contributed by atoms with Crippen LogP contribution in [0.4, 0.5) is 5.69 Å². The largest absolute Gasteiger partial charge is 0.335 e. The van der Waals surface area contributed by atoms with Crippen molar-refractivity contribution < 1.29 is 4.57 Å². The van der Waals surface area contributed by atoms with E-state index < -0.39 is 0 Å². The maximum atomic E-state index is 2.53. The lowest BCUT2D eigenvalue weighted by Crippen LogP contribution is -2.33.